The van der Waals surface area contributed by atoms with E-state index in [0.717, 1.165) is 23.4 Å². The number of aromatic nitrogens is 2. The molecule has 0 saturated heterocycles. The van der Waals surface area contributed by atoms with Crippen LogP contribution in [0.2, 0.25) is 0 Å². The maximum atomic E-state index is 4.45. The van der Waals surface area contributed by atoms with Crippen LogP contribution >= 0.6 is 0 Å². The highest BCUT2D eigenvalue weighted by molar-refractivity contribution is 5.19. The lowest BCUT2D eigenvalue weighted by molar-refractivity contribution is 0.248. The number of nitrogens with zero attached hydrogens (tertiary/aromatic N) is 2. The Kier molecular flexibility index (Phi) is 3.42. The number of hydrogen-bond donors (Lipinski definition) is 1. The van der Waals surface area contributed by atoms with E-state index in [4.69, 9.17) is 0 Å². The number of fused-ring (bicyclic) bond motifs is 2. The van der Waals surface area contributed by atoms with Crippen molar-refractivity contribution in [3.63, 3.8) is 0 Å². The Morgan fingerprint density at radius 3 is 2.63 bits per heavy atom. The number of hydrogen-bond acceptors (Lipinski definition) is 2. The third kappa shape index (κ3) is 2.45. The molecule has 2 fully saturated rings. The SMILES string of the molecule is Cc1nn(C)cc1C(C)NC(C)C1CC2CCC1C2. The predicted molar refractivity (Wildman–Crippen MR) is 77.9 cm³/mol. The summed E-state index contributed by atoms with van der Waals surface area (Å²) in [6, 6.07) is 1.03. The fourth-order valence-corrected chi connectivity index (χ4v) is 4.56. The van der Waals surface area contributed by atoms with E-state index in [9.17, 15) is 0 Å². The zero-order valence-electron chi connectivity index (χ0n) is 12.7. The fraction of sp³-hybridized carbons (Fsp3) is 0.812. The standard InChI is InChI=1S/C16H27N3/c1-10(15-8-13-5-6-14(15)7-13)17-11(2)16-9-19(4)18-12(16)3/h9-11,13-15,17H,5-8H2,1-4H3. The van der Waals surface area contributed by atoms with Crippen molar-refractivity contribution >= 4 is 0 Å². The van der Waals surface area contributed by atoms with Crippen LogP contribution in [0.1, 0.15) is 56.8 Å². The maximum Gasteiger partial charge on any atom is 0.0641 e. The molecular weight excluding hydrogens is 234 g/mol. The molecule has 0 amide bonds. The first-order chi connectivity index (χ1) is 9.04. The van der Waals surface area contributed by atoms with Gasteiger partial charge in [-0.1, -0.05) is 6.42 Å². The number of rotatable bonds is 4. The average molecular weight is 261 g/mol. The summed E-state index contributed by atoms with van der Waals surface area (Å²) in [6.07, 6.45) is 8.07. The van der Waals surface area contributed by atoms with Crippen molar-refractivity contribution < 1.29 is 0 Å². The van der Waals surface area contributed by atoms with Crippen molar-refractivity contribution in [3.05, 3.63) is 17.5 Å². The minimum Gasteiger partial charge on any atom is -0.307 e. The van der Waals surface area contributed by atoms with Gasteiger partial charge in [-0.15, -0.1) is 0 Å². The van der Waals surface area contributed by atoms with Crippen molar-refractivity contribution in [2.75, 3.05) is 0 Å². The zero-order valence-corrected chi connectivity index (χ0v) is 12.7. The summed E-state index contributed by atoms with van der Waals surface area (Å²) in [5.41, 5.74) is 2.50. The molecule has 0 radical (unpaired) electrons. The quantitative estimate of drug-likeness (QED) is 0.902. The van der Waals surface area contributed by atoms with Crippen molar-refractivity contribution in [1.29, 1.82) is 0 Å². The van der Waals surface area contributed by atoms with Crippen LogP contribution in [0.5, 0.6) is 0 Å². The van der Waals surface area contributed by atoms with Gasteiger partial charge in [0.1, 0.15) is 0 Å². The lowest BCUT2D eigenvalue weighted by Crippen LogP contribution is -2.37. The molecular formula is C16H27N3. The molecule has 1 aromatic rings. The Bertz CT molecular complexity index is 451. The topological polar surface area (TPSA) is 29.9 Å². The second-order valence-electron chi connectivity index (χ2n) is 6.86. The van der Waals surface area contributed by atoms with Crippen LogP contribution < -0.4 is 5.32 Å². The summed E-state index contributed by atoms with van der Waals surface area (Å²) >= 11 is 0. The van der Waals surface area contributed by atoms with Gasteiger partial charge < -0.3 is 5.32 Å². The van der Waals surface area contributed by atoms with Crippen LogP contribution in [0.15, 0.2) is 6.20 Å². The van der Waals surface area contributed by atoms with Crippen LogP contribution in [0, 0.1) is 24.7 Å². The van der Waals surface area contributed by atoms with Gasteiger partial charge in [0.15, 0.2) is 0 Å². The van der Waals surface area contributed by atoms with Crippen molar-refractivity contribution in [2.45, 2.75) is 58.5 Å². The Morgan fingerprint density at radius 1 is 1.32 bits per heavy atom. The van der Waals surface area contributed by atoms with Gasteiger partial charge in [-0.2, -0.15) is 5.10 Å². The van der Waals surface area contributed by atoms with Gasteiger partial charge in [-0.3, -0.25) is 4.68 Å². The first kappa shape index (κ1) is 13.2. The monoisotopic (exact) mass is 261 g/mol. The first-order valence-corrected chi connectivity index (χ1v) is 7.80. The Balaban J connectivity index is 1.63. The molecule has 5 atom stereocenters. The van der Waals surface area contributed by atoms with Gasteiger partial charge in [0.2, 0.25) is 0 Å². The summed E-state index contributed by atoms with van der Waals surface area (Å²) < 4.78 is 1.92. The molecule has 2 aliphatic carbocycles. The predicted octanol–water partition coefficient (Wildman–Crippen LogP) is 3.20. The van der Waals surface area contributed by atoms with Gasteiger partial charge in [0.25, 0.3) is 0 Å². The van der Waals surface area contributed by atoms with E-state index in [1.54, 1.807) is 0 Å². The van der Waals surface area contributed by atoms with Gasteiger partial charge in [-0.25, -0.2) is 0 Å². The summed E-state index contributed by atoms with van der Waals surface area (Å²) in [6.45, 7) is 6.76. The number of aryl methyl sites for hydroxylation is 2. The minimum atomic E-state index is 0.405. The third-order valence-corrected chi connectivity index (χ3v) is 5.47. The van der Waals surface area contributed by atoms with E-state index >= 15 is 0 Å². The van der Waals surface area contributed by atoms with Gasteiger partial charge in [-0.05, 0) is 57.8 Å². The Hall–Kier alpha value is -0.830. The van der Waals surface area contributed by atoms with Crippen LogP contribution in [-0.4, -0.2) is 15.8 Å². The third-order valence-electron chi connectivity index (χ3n) is 5.47. The fourth-order valence-electron chi connectivity index (χ4n) is 4.56. The molecule has 1 aromatic heterocycles. The molecule has 0 spiro atoms. The van der Waals surface area contributed by atoms with Crippen LogP contribution in [0.4, 0.5) is 0 Å². The van der Waals surface area contributed by atoms with Crippen LogP contribution in [-0.2, 0) is 7.05 Å². The molecule has 0 aliphatic heterocycles. The van der Waals surface area contributed by atoms with Gasteiger partial charge in [0, 0.05) is 30.9 Å². The van der Waals surface area contributed by atoms with E-state index in [1.807, 2.05) is 11.7 Å². The van der Waals surface area contributed by atoms with Crippen LogP contribution in [0.3, 0.4) is 0 Å². The molecule has 1 heterocycles. The van der Waals surface area contributed by atoms with Crippen molar-refractivity contribution in [1.82, 2.24) is 15.1 Å². The molecule has 3 nitrogen and oxygen atoms in total. The normalized spacial score (nSPS) is 32.7. The molecule has 2 bridgehead atoms. The highest BCUT2D eigenvalue weighted by Crippen LogP contribution is 2.49. The molecule has 2 aliphatic rings. The van der Waals surface area contributed by atoms with Crippen LogP contribution in [0.25, 0.3) is 0 Å². The maximum absolute atomic E-state index is 4.45. The largest absolute Gasteiger partial charge is 0.307 e. The lowest BCUT2D eigenvalue weighted by atomic mass is 9.83. The lowest BCUT2D eigenvalue weighted by Gasteiger charge is -2.31. The average Bonchev–Trinajstić information content (AvgIpc) is 3.03. The molecule has 2 saturated carbocycles. The summed E-state index contributed by atoms with van der Waals surface area (Å²) in [5.74, 6) is 2.93. The minimum absolute atomic E-state index is 0.405. The molecule has 5 unspecified atom stereocenters. The molecule has 1 N–H and O–H groups in total. The van der Waals surface area contributed by atoms with E-state index in [2.05, 4.69) is 37.4 Å². The summed E-state index contributed by atoms with van der Waals surface area (Å²) in [4.78, 5) is 0. The number of nitrogens with one attached hydrogen (secondary N) is 1. The summed E-state index contributed by atoms with van der Waals surface area (Å²) in [7, 11) is 2.00. The van der Waals surface area contributed by atoms with E-state index in [0.29, 0.717) is 12.1 Å². The van der Waals surface area contributed by atoms with Crippen molar-refractivity contribution in [3.8, 4) is 0 Å². The van der Waals surface area contributed by atoms with Crippen molar-refractivity contribution in [2.24, 2.45) is 24.8 Å². The van der Waals surface area contributed by atoms with E-state index in [-0.39, 0.29) is 0 Å². The molecule has 3 rings (SSSR count). The smallest absolute Gasteiger partial charge is 0.0641 e. The van der Waals surface area contributed by atoms with E-state index in [1.165, 1.54) is 31.2 Å². The summed E-state index contributed by atoms with van der Waals surface area (Å²) in [5, 5.41) is 8.28. The van der Waals surface area contributed by atoms with Gasteiger partial charge >= 0.3 is 0 Å². The molecule has 106 valence electrons. The molecule has 0 aromatic carbocycles. The Labute approximate surface area is 116 Å². The van der Waals surface area contributed by atoms with Gasteiger partial charge in [0.05, 0.1) is 5.69 Å². The molecule has 19 heavy (non-hydrogen) atoms. The zero-order chi connectivity index (χ0) is 13.6. The second-order valence-corrected chi connectivity index (χ2v) is 6.86. The van der Waals surface area contributed by atoms with E-state index < -0.39 is 0 Å². The first-order valence-electron chi connectivity index (χ1n) is 7.80. The molecule has 3 heteroatoms. The Morgan fingerprint density at radius 2 is 2.11 bits per heavy atom. The second kappa shape index (κ2) is 4.93. The highest BCUT2D eigenvalue weighted by Gasteiger charge is 2.41. The highest BCUT2D eigenvalue weighted by atomic mass is 15.3.